The molecule has 0 heterocycles. The molecule has 5 atom stereocenters. The molecule has 0 spiro atoms. The van der Waals surface area contributed by atoms with Crippen molar-refractivity contribution >= 4 is 0 Å². The van der Waals surface area contributed by atoms with E-state index in [-0.39, 0.29) is 11.5 Å². The molecule has 2 saturated carbocycles. The number of fused-ring (bicyclic) bond motifs is 1. The molecular weight excluding hydrogens is 208 g/mol. The topological polar surface area (TPSA) is 20.2 Å². The summed E-state index contributed by atoms with van der Waals surface area (Å²) in [5, 5.41) is 10.2. The summed E-state index contributed by atoms with van der Waals surface area (Å²) in [5.74, 6) is 2.41. The summed E-state index contributed by atoms with van der Waals surface area (Å²) in [4.78, 5) is 0. The molecule has 2 aliphatic rings. The van der Waals surface area contributed by atoms with E-state index in [4.69, 9.17) is 0 Å². The van der Waals surface area contributed by atoms with Crippen molar-refractivity contribution in [2.75, 3.05) is 0 Å². The predicted octanol–water partition coefficient (Wildman–Crippen LogP) is 4.25. The summed E-state index contributed by atoms with van der Waals surface area (Å²) in [7, 11) is 0. The number of aliphatic hydroxyl groups is 1. The Balaban J connectivity index is 2.23. The Morgan fingerprint density at radius 2 is 1.88 bits per heavy atom. The molecule has 2 rings (SSSR count). The van der Waals surface area contributed by atoms with Gasteiger partial charge in [0.2, 0.25) is 0 Å². The first-order chi connectivity index (χ1) is 7.77. The summed E-state index contributed by atoms with van der Waals surface area (Å²) < 4.78 is 0. The number of aliphatic hydroxyl groups excluding tert-OH is 1. The molecule has 2 fully saturated rings. The van der Waals surface area contributed by atoms with Crippen LogP contribution in [0.15, 0.2) is 0 Å². The quantitative estimate of drug-likeness (QED) is 0.724. The summed E-state index contributed by atoms with van der Waals surface area (Å²) >= 11 is 0. The van der Waals surface area contributed by atoms with E-state index in [1.165, 1.54) is 32.1 Å². The van der Waals surface area contributed by atoms with Crippen LogP contribution in [0.2, 0.25) is 0 Å². The average Bonchev–Trinajstić information content (AvgIpc) is 2.21. The molecule has 0 aromatic heterocycles. The van der Waals surface area contributed by atoms with Crippen molar-refractivity contribution in [2.45, 2.75) is 72.8 Å². The first-order valence-electron chi connectivity index (χ1n) is 7.45. The van der Waals surface area contributed by atoms with E-state index in [1.54, 1.807) is 0 Å². The van der Waals surface area contributed by atoms with E-state index in [0.717, 1.165) is 11.8 Å². The van der Waals surface area contributed by atoms with Crippen LogP contribution >= 0.6 is 0 Å². The van der Waals surface area contributed by atoms with Crippen molar-refractivity contribution < 1.29 is 5.11 Å². The van der Waals surface area contributed by atoms with Crippen LogP contribution in [0.25, 0.3) is 0 Å². The lowest BCUT2D eigenvalue weighted by Gasteiger charge is -2.55. The van der Waals surface area contributed by atoms with Gasteiger partial charge in [0, 0.05) is 0 Å². The standard InChI is InChI=1S/C16H30O/c1-11-9-13-7-6-8-15(3,4)14(13)10-16(11,5)12(2)17/h11-14,17H,6-10H2,1-5H3/t11-,12+,13+,14+,16-/m0/s1. The summed E-state index contributed by atoms with van der Waals surface area (Å²) in [6.07, 6.45) is 6.59. The van der Waals surface area contributed by atoms with Crippen LogP contribution in [-0.2, 0) is 0 Å². The number of rotatable bonds is 1. The van der Waals surface area contributed by atoms with Gasteiger partial charge in [0.25, 0.3) is 0 Å². The molecule has 2 aliphatic carbocycles. The van der Waals surface area contributed by atoms with Crippen molar-refractivity contribution in [1.29, 1.82) is 0 Å². The van der Waals surface area contributed by atoms with Crippen LogP contribution in [0.4, 0.5) is 0 Å². The van der Waals surface area contributed by atoms with E-state index in [9.17, 15) is 5.11 Å². The van der Waals surface area contributed by atoms with Gasteiger partial charge < -0.3 is 5.11 Å². The van der Waals surface area contributed by atoms with E-state index < -0.39 is 0 Å². The van der Waals surface area contributed by atoms with Crippen LogP contribution < -0.4 is 0 Å². The molecule has 17 heavy (non-hydrogen) atoms. The van der Waals surface area contributed by atoms with Crippen molar-refractivity contribution in [2.24, 2.45) is 28.6 Å². The molecule has 0 saturated heterocycles. The van der Waals surface area contributed by atoms with Gasteiger partial charge in [0.05, 0.1) is 6.10 Å². The van der Waals surface area contributed by atoms with Crippen LogP contribution in [0.3, 0.4) is 0 Å². The van der Waals surface area contributed by atoms with Gasteiger partial charge in [-0.2, -0.15) is 0 Å². The van der Waals surface area contributed by atoms with Crippen LogP contribution in [0.1, 0.15) is 66.7 Å². The minimum atomic E-state index is -0.170. The molecule has 1 nitrogen and oxygen atoms in total. The Bertz CT molecular complexity index is 281. The molecule has 0 bridgehead atoms. The number of hydrogen-bond donors (Lipinski definition) is 1. The van der Waals surface area contributed by atoms with Gasteiger partial charge in [0.15, 0.2) is 0 Å². The monoisotopic (exact) mass is 238 g/mol. The van der Waals surface area contributed by atoms with Crippen molar-refractivity contribution in [3.63, 3.8) is 0 Å². The van der Waals surface area contributed by atoms with E-state index >= 15 is 0 Å². The molecule has 100 valence electrons. The highest BCUT2D eigenvalue weighted by Gasteiger charge is 2.50. The van der Waals surface area contributed by atoms with Gasteiger partial charge in [-0.3, -0.25) is 0 Å². The van der Waals surface area contributed by atoms with Crippen molar-refractivity contribution in [3.8, 4) is 0 Å². The fraction of sp³-hybridized carbons (Fsp3) is 1.00. The summed E-state index contributed by atoms with van der Waals surface area (Å²) in [6.45, 7) is 11.5. The second-order valence-corrected chi connectivity index (χ2v) is 7.77. The fourth-order valence-corrected chi connectivity index (χ4v) is 4.55. The minimum Gasteiger partial charge on any atom is -0.393 e. The highest BCUT2D eigenvalue weighted by molar-refractivity contribution is 5.00. The maximum Gasteiger partial charge on any atom is 0.0568 e. The van der Waals surface area contributed by atoms with Crippen molar-refractivity contribution in [3.05, 3.63) is 0 Å². The molecule has 0 aliphatic heterocycles. The lowest BCUT2D eigenvalue weighted by molar-refractivity contribution is -0.0951. The minimum absolute atomic E-state index is 0.135. The number of hydrogen-bond acceptors (Lipinski definition) is 1. The third-order valence-corrected chi connectivity index (χ3v) is 6.37. The van der Waals surface area contributed by atoms with Crippen molar-refractivity contribution in [1.82, 2.24) is 0 Å². The normalized spacial score (nSPS) is 47.3. The molecule has 0 radical (unpaired) electrons. The Morgan fingerprint density at radius 3 is 2.47 bits per heavy atom. The average molecular weight is 238 g/mol. The SMILES string of the molecule is C[C@@H](O)[C@@]1(C)C[C@@H]2[C@H](CCCC2(C)C)C[C@@H]1C. The Morgan fingerprint density at radius 1 is 1.24 bits per heavy atom. The highest BCUT2D eigenvalue weighted by atomic mass is 16.3. The molecule has 0 unspecified atom stereocenters. The van der Waals surface area contributed by atoms with E-state index in [1.807, 2.05) is 6.92 Å². The second-order valence-electron chi connectivity index (χ2n) is 7.77. The highest BCUT2D eigenvalue weighted by Crippen LogP contribution is 2.57. The van der Waals surface area contributed by atoms with Gasteiger partial charge in [-0.1, -0.05) is 40.5 Å². The largest absolute Gasteiger partial charge is 0.393 e. The van der Waals surface area contributed by atoms with Crippen LogP contribution in [0.5, 0.6) is 0 Å². The first-order valence-corrected chi connectivity index (χ1v) is 7.45. The first kappa shape index (κ1) is 13.4. The van der Waals surface area contributed by atoms with Gasteiger partial charge in [-0.25, -0.2) is 0 Å². The molecule has 0 aromatic rings. The Labute approximate surface area is 107 Å². The van der Waals surface area contributed by atoms with E-state index in [2.05, 4.69) is 27.7 Å². The molecular formula is C16H30O. The maximum absolute atomic E-state index is 10.2. The smallest absolute Gasteiger partial charge is 0.0568 e. The maximum atomic E-state index is 10.2. The summed E-state index contributed by atoms with van der Waals surface area (Å²) in [5.41, 5.74) is 0.620. The molecule has 1 N–H and O–H groups in total. The van der Waals surface area contributed by atoms with Crippen LogP contribution in [0, 0.1) is 28.6 Å². The zero-order valence-electron chi connectivity index (χ0n) is 12.3. The lowest BCUT2D eigenvalue weighted by Crippen LogP contribution is -2.49. The summed E-state index contributed by atoms with van der Waals surface area (Å²) in [6, 6.07) is 0. The van der Waals surface area contributed by atoms with Gasteiger partial charge in [-0.05, 0) is 54.8 Å². The fourth-order valence-electron chi connectivity index (χ4n) is 4.55. The molecule has 0 aromatic carbocycles. The van der Waals surface area contributed by atoms with Gasteiger partial charge in [0.1, 0.15) is 0 Å². The zero-order chi connectivity index (χ0) is 12.8. The van der Waals surface area contributed by atoms with Gasteiger partial charge >= 0.3 is 0 Å². The van der Waals surface area contributed by atoms with Crippen LogP contribution in [-0.4, -0.2) is 11.2 Å². The Kier molecular flexibility index (Phi) is 3.36. The van der Waals surface area contributed by atoms with E-state index in [0.29, 0.717) is 11.3 Å². The zero-order valence-corrected chi connectivity index (χ0v) is 12.3. The Hall–Kier alpha value is -0.0400. The molecule has 0 amide bonds. The lowest BCUT2D eigenvalue weighted by atomic mass is 9.50. The van der Waals surface area contributed by atoms with Gasteiger partial charge in [-0.15, -0.1) is 0 Å². The third-order valence-electron chi connectivity index (χ3n) is 6.37. The predicted molar refractivity (Wildman–Crippen MR) is 72.8 cm³/mol. The third kappa shape index (κ3) is 2.16. The second kappa shape index (κ2) is 4.26. The molecule has 1 heteroatoms.